The molecular formula is C19H19F2NO5S. The second kappa shape index (κ2) is 9.41. The summed E-state index contributed by atoms with van der Waals surface area (Å²) in [6, 6.07) is 13.4. The highest BCUT2D eigenvalue weighted by molar-refractivity contribution is 7.91. The smallest absolute Gasteiger partial charge is 0.341 e. The minimum atomic E-state index is -4.73. The van der Waals surface area contributed by atoms with Crippen LogP contribution in [0.5, 0.6) is 0 Å². The van der Waals surface area contributed by atoms with Gasteiger partial charge >= 0.3 is 11.7 Å². The average molecular weight is 411 g/mol. The van der Waals surface area contributed by atoms with Crippen LogP contribution in [-0.2, 0) is 19.4 Å². The Morgan fingerprint density at radius 2 is 1.64 bits per heavy atom. The molecule has 0 aliphatic carbocycles. The summed E-state index contributed by atoms with van der Waals surface area (Å²) in [6.45, 7) is 1.79. The highest BCUT2D eigenvalue weighted by Crippen LogP contribution is 2.19. The molecule has 9 heteroatoms. The highest BCUT2D eigenvalue weighted by Gasteiger charge is 2.26. The molecule has 0 spiro atoms. The Labute approximate surface area is 161 Å². The van der Waals surface area contributed by atoms with Crippen LogP contribution in [0.15, 0.2) is 59.5 Å². The van der Waals surface area contributed by atoms with Gasteiger partial charge in [-0.1, -0.05) is 37.3 Å². The van der Waals surface area contributed by atoms with E-state index >= 15 is 0 Å². The molecule has 0 heterocycles. The van der Waals surface area contributed by atoms with E-state index in [4.69, 9.17) is 4.74 Å². The van der Waals surface area contributed by atoms with Gasteiger partial charge < -0.3 is 10.1 Å². The van der Waals surface area contributed by atoms with Crippen LogP contribution >= 0.6 is 0 Å². The van der Waals surface area contributed by atoms with Gasteiger partial charge in [-0.15, -0.1) is 0 Å². The molecular weight excluding hydrogens is 392 g/mol. The lowest BCUT2D eigenvalue weighted by molar-refractivity contribution is -0.124. The van der Waals surface area contributed by atoms with Gasteiger partial charge in [0, 0.05) is 6.54 Å². The number of ether oxygens (including phenoxy) is 1. The molecule has 2 aromatic carbocycles. The van der Waals surface area contributed by atoms with Gasteiger partial charge in [0.15, 0.2) is 6.61 Å². The van der Waals surface area contributed by atoms with E-state index < -0.39 is 39.0 Å². The lowest BCUT2D eigenvalue weighted by Gasteiger charge is -2.13. The normalized spacial score (nSPS) is 12.4. The van der Waals surface area contributed by atoms with Gasteiger partial charge in [0.25, 0.3) is 5.91 Å². The summed E-state index contributed by atoms with van der Waals surface area (Å²) in [5, 5.41) is 2.65. The number of rotatable bonds is 8. The van der Waals surface area contributed by atoms with Crippen molar-refractivity contribution in [2.24, 2.45) is 0 Å². The van der Waals surface area contributed by atoms with Gasteiger partial charge in [-0.2, -0.15) is 8.78 Å². The minimum absolute atomic E-state index is 0.0568. The number of hydrogen-bond acceptors (Lipinski definition) is 5. The van der Waals surface area contributed by atoms with E-state index in [2.05, 4.69) is 5.32 Å². The number of nitrogens with one attached hydrogen (secondary N) is 1. The van der Waals surface area contributed by atoms with Gasteiger partial charge in [-0.05, 0) is 35.7 Å². The zero-order valence-corrected chi connectivity index (χ0v) is 15.8. The Hall–Kier alpha value is -2.81. The highest BCUT2D eigenvalue weighted by atomic mass is 32.2. The maximum atomic E-state index is 12.5. The third-order valence-corrected chi connectivity index (χ3v) is 5.36. The van der Waals surface area contributed by atoms with Gasteiger partial charge in [0.2, 0.25) is 9.84 Å². The number of carbonyl (C=O) groups excluding carboxylic acids is 2. The Balaban J connectivity index is 1.84. The summed E-state index contributed by atoms with van der Waals surface area (Å²) in [4.78, 5) is 23.1. The molecule has 6 nitrogen and oxygen atoms in total. The van der Waals surface area contributed by atoms with Crippen LogP contribution in [0.25, 0.3) is 0 Å². The topological polar surface area (TPSA) is 89.5 Å². The summed E-state index contributed by atoms with van der Waals surface area (Å²) < 4.78 is 52.5. The molecule has 1 atom stereocenters. The Bertz CT molecular complexity index is 915. The molecule has 0 radical (unpaired) electrons. The fourth-order valence-electron chi connectivity index (χ4n) is 2.32. The van der Waals surface area contributed by atoms with Gasteiger partial charge in [0.05, 0.1) is 10.5 Å². The molecule has 0 aliphatic rings. The first-order valence-corrected chi connectivity index (χ1v) is 9.87. The van der Waals surface area contributed by atoms with Gasteiger partial charge in [-0.3, -0.25) is 4.79 Å². The van der Waals surface area contributed by atoms with Crippen molar-refractivity contribution in [3.05, 3.63) is 65.7 Å². The van der Waals surface area contributed by atoms with Crippen LogP contribution in [0, 0.1) is 0 Å². The predicted octanol–water partition coefficient (Wildman–Crippen LogP) is 2.76. The fourth-order valence-corrected chi connectivity index (χ4v) is 3.04. The van der Waals surface area contributed by atoms with Crippen LogP contribution in [0.4, 0.5) is 8.78 Å². The summed E-state index contributed by atoms with van der Waals surface area (Å²) in [6.07, 6.45) is 0. The second-order valence-corrected chi connectivity index (χ2v) is 7.94. The van der Waals surface area contributed by atoms with E-state index in [0.29, 0.717) is 6.54 Å². The molecule has 0 fully saturated rings. The number of hydrogen-bond donors (Lipinski definition) is 1. The SMILES string of the molecule is CC(CNC(=O)COC(=O)c1ccc(S(=O)(=O)C(F)F)cc1)c1ccccc1. The number of sulfone groups is 1. The van der Waals surface area contributed by atoms with E-state index in [9.17, 15) is 26.8 Å². The number of amides is 1. The fraction of sp³-hybridized carbons (Fsp3) is 0.263. The lowest BCUT2D eigenvalue weighted by Crippen LogP contribution is -2.31. The molecule has 0 aliphatic heterocycles. The van der Waals surface area contributed by atoms with Crippen LogP contribution in [0.2, 0.25) is 0 Å². The number of halogens is 2. The quantitative estimate of drug-likeness (QED) is 0.675. The van der Waals surface area contributed by atoms with Crippen LogP contribution < -0.4 is 5.32 Å². The van der Waals surface area contributed by atoms with Crippen molar-refractivity contribution in [3.63, 3.8) is 0 Å². The van der Waals surface area contributed by atoms with E-state index in [-0.39, 0.29) is 11.5 Å². The molecule has 1 N–H and O–H groups in total. The van der Waals surface area contributed by atoms with E-state index in [1.165, 1.54) is 0 Å². The molecule has 150 valence electrons. The maximum absolute atomic E-state index is 12.5. The summed E-state index contributed by atoms with van der Waals surface area (Å²) in [5.41, 5.74) is 0.998. The standard InChI is InChI=1S/C19H19F2NO5S/c1-13(14-5-3-2-4-6-14)11-22-17(23)12-27-18(24)15-7-9-16(10-8-15)28(25,26)19(20)21/h2-10,13,19H,11-12H2,1H3,(H,22,23). The second-order valence-electron chi connectivity index (χ2n) is 6.02. The van der Waals surface area contributed by atoms with Gasteiger partial charge in [-0.25, -0.2) is 13.2 Å². The Kier molecular flexibility index (Phi) is 7.22. The summed E-state index contributed by atoms with van der Waals surface area (Å²) in [5.74, 6) is -4.84. The monoisotopic (exact) mass is 411 g/mol. The molecule has 0 bridgehead atoms. The first kappa shape index (κ1) is 21.5. The predicted molar refractivity (Wildman–Crippen MR) is 97.8 cm³/mol. The summed E-state index contributed by atoms with van der Waals surface area (Å²) >= 11 is 0. The first-order valence-electron chi connectivity index (χ1n) is 8.32. The van der Waals surface area contributed by atoms with Crippen molar-refractivity contribution in [3.8, 4) is 0 Å². The summed E-state index contributed by atoms with van der Waals surface area (Å²) in [7, 11) is -4.73. The van der Waals surface area contributed by atoms with Crippen LogP contribution in [0.3, 0.4) is 0 Å². The van der Waals surface area contributed by atoms with E-state index in [0.717, 1.165) is 29.8 Å². The Morgan fingerprint density at radius 1 is 1.04 bits per heavy atom. The molecule has 28 heavy (non-hydrogen) atoms. The number of carbonyl (C=O) groups is 2. The molecule has 0 saturated heterocycles. The molecule has 2 rings (SSSR count). The zero-order chi connectivity index (χ0) is 20.7. The Morgan fingerprint density at radius 3 is 2.21 bits per heavy atom. The number of esters is 1. The van der Waals surface area contributed by atoms with Crippen molar-refractivity contribution in [2.45, 2.75) is 23.5 Å². The van der Waals surface area contributed by atoms with Crippen molar-refractivity contribution in [1.29, 1.82) is 0 Å². The molecule has 0 aromatic heterocycles. The van der Waals surface area contributed by atoms with Crippen molar-refractivity contribution in [2.75, 3.05) is 13.2 Å². The van der Waals surface area contributed by atoms with Gasteiger partial charge in [0.1, 0.15) is 0 Å². The van der Waals surface area contributed by atoms with Crippen LogP contribution in [-0.4, -0.2) is 39.2 Å². The maximum Gasteiger partial charge on any atom is 0.341 e. The number of benzene rings is 2. The molecule has 2 aromatic rings. The van der Waals surface area contributed by atoms with Crippen molar-refractivity contribution in [1.82, 2.24) is 5.32 Å². The van der Waals surface area contributed by atoms with Crippen molar-refractivity contribution >= 4 is 21.7 Å². The lowest BCUT2D eigenvalue weighted by atomic mass is 10.0. The zero-order valence-electron chi connectivity index (χ0n) is 15.0. The largest absolute Gasteiger partial charge is 0.452 e. The number of alkyl halides is 2. The first-order chi connectivity index (χ1) is 13.2. The van der Waals surface area contributed by atoms with E-state index in [1.54, 1.807) is 0 Å². The molecule has 1 amide bonds. The van der Waals surface area contributed by atoms with Crippen molar-refractivity contribution < 1.29 is 31.5 Å². The molecule has 1 unspecified atom stereocenters. The average Bonchev–Trinajstić information content (AvgIpc) is 2.70. The third-order valence-electron chi connectivity index (χ3n) is 3.96. The molecule has 0 saturated carbocycles. The van der Waals surface area contributed by atoms with Crippen LogP contribution in [0.1, 0.15) is 28.8 Å². The minimum Gasteiger partial charge on any atom is -0.452 e. The third kappa shape index (κ3) is 5.59. The van der Waals surface area contributed by atoms with E-state index in [1.807, 2.05) is 37.3 Å².